The number of carboxylic acids is 1. The lowest BCUT2D eigenvalue weighted by Gasteiger charge is -2.07. The van der Waals surface area contributed by atoms with Crippen molar-refractivity contribution in [3.63, 3.8) is 0 Å². The Hall–Kier alpha value is -2.17. The van der Waals surface area contributed by atoms with Crippen molar-refractivity contribution in [3.8, 4) is 0 Å². The third kappa shape index (κ3) is 1.46. The van der Waals surface area contributed by atoms with Gasteiger partial charge in [-0.3, -0.25) is 9.81 Å². The number of aryl methyl sites for hydroxylation is 2. The van der Waals surface area contributed by atoms with Gasteiger partial charge in [0.15, 0.2) is 0 Å². The molecule has 0 aliphatic rings. The standard InChI is InChI=1S/C11H11N3O2/c1-6-3-7(2)14-9(4-6)13-5-8(10(14)12)11(15)16/h3-5,12H,1-2H3,(H,15,16). The SMILES string of the molecule is Cc1cc(C)n2c(=N)c(C(=O)O)cnc2c1. The summed E-state index contributed by atoms with van der Waals surface area (Å²) in [5, 5.41) is 16.7. The van der Waals surface area contributed by atoms with Gasteiger partial charge in [-0.25, -0.2) is 9.78 Å². The fourth-order valence-corrected chi connectivity index (χ4v) is 1.74. The molecule has 5 nitrogen and oxygen atoms in total. The zero-order chi connectivity index (χ0) is 11.9. The fourth-order valence-electron chi connectivity index (χ4n) is 1.74. The molecule has 5 heteroatoms. The van der Waals surface area contributed by atoms with E-state index in [1.807, 2.05) is 26.0 Å². The monoisotopic (exact) mass is 217 g/mol. The third-order valence-corrected chi connectivity index (χ3v) is 2.41. The van der Waals surface area contributed by atoms with Crippen LogP contribution < -0.4 is 5.49 Å². The van der Waals surface area contributed by atoms with Crippen LogP contribution in [0.3, 0.4) is 0 Å². The Kier molecular flexibility index (Phi) is 2.23. The minimum atomic E-state index is -1.13. The molecule has 0 unspecified atom stereocenters. The van der Waals surface area contributed by atoms with E-state index in [4.69, 9.17) is 10.5 Å². The normalized spacial score (nSPS) is 10.6. The van der Waals surface area contributed by atoms with E-state index >= 15 is 0 Å². The van der Waals surface area contributed by atoms with E-state index < -0.39 is 5.97 Å². The third-order valence-electron chi connectivity index (χ3n) is 2.41. The molecule has 0 fully saturated rings. The molecule has 0 radical (unpaired) electrons. The lowest BCUT2D eigenvalue weighted by Crippen LogP contribution is -2.24. The average molecular weight is 217 g/mol. The van der Waals surface area contributed by atoms with Crippen molar-refractivity contribution in [1.82, 2.24) is 9.38 Å². The van der Waals surface area contributed by atoms with Crippen LogP contribution in [0.2, 0.25) is 0 Å². The number of carbonyl (C=O) groups is 1. The summed E-state index contributed by atoms with van der Waals surface area (Å²) in [6, 6.07) is 3.70. The maximum Gasteiger partial charge on any atom is 0.341 e. The second-order valence-corrected chi connectivity index (χ2v) is 3.69. The molecule has 2 aromatic rings. The number of aromatic carboxylic acids is 1. The summed E-state index contributed by atoms with van der Waals surface area (Å²) in [5.74, 6) is -1.13. The predicted molar refractivity (Wildman–Crippen MR) is 57.5 cm³/mol. The number of pyridine rings is 1. The number of nitrogens with zero attached hydrogens (tertiary/aromatic N) is 2. The highest BCUT2D eigenvalue weighted by molar-refractivity contribution is 5.86. The van der Waals surface area contributed by atoms with Gasteiger partial charge in [0.1, 0.15) is 16.7 Å². The Balaban J connectivity index is 2.95. The molecule has 2 rings (SSSR count). The van der Waals surface area contributed by atoms with E-state index in [9.17, 15) is 4.79 Å². The zero-order valence-electron chi connectivity index (χ0n) is 8.98. The van der Waals surface area contributed by atoms with Crippen molar-refractivity contribution in [3.05, 3.63) is 40.6 Å². The topological polar surface area (TPSA) is 78.5 Å². The molecule has 0 amide bonds. The van der Waals surface area contributed by atoms with Crippen LogP contribution in [-0.2, 0) is 0 Å². The zero-order valence-corrected chi connectivity index (χ0v) is 8.98. The predicted octanol–water partition coefficient (Wildman–Crippen LogP) is 1.13. The molecular formula is C11H11N3O2. The first-order chi connectivity index (χ1) is 7.50. The van der Waals surface area contributed by atoms with Crippen molar-refractivity contribution in [2.45, 2.75) is 13.8 Å². The second-order valence-electron chi connectivity index (χ2n) is 3.69. The van der Waals surface area contributed by atoms with Gasteiger partial charge in [0.2, 0.25) is 0 Å². The Labute approximate surface area is 91.5 Å². The number of rotatable bonds is 1. The Morgan fingerprint density at radius 1 is 1.44 bits per heavy atom. The van der Waals surface area contributed by atoms with Crippen LogP contribution >= 0.6 is 0 Å². The summed E-state index contributed by atoms with van der Waals surface area (Å²) < 4.78 is 1.52. The summed E-state index contributed by atoms with van der Waals surface area (Å²) in [6.07, 6.45) is 1.22. The Morgan fingerprint density at radius 3 is 2.75 bits per heavy atom. The molecule has 2 heterocycles. The fraction of sp³-hybridized carbons (Fsp3) is 0.182. The van der Waals surface area contributed by atoms with Gasteiger partial charge >= 0.3 is 5.97 Å². The first-order valence-electron chi connectivity index (χ1n) is 4.77. The highest BCUT2D eigenvalue weighted by Crippen LogP contribution is 2.06. The smallest absolute Gasteiger partial charge is 0.341 e. The summed E-state index contributed by atoms with van der Waals surface area (Å²) in [4.78, 5) is 14.9. The van der Waals surface area contributed by atoms with Gasteiger partial charge in [-0.2, -0.15) is 0 Å². The van der Waals surface area contributed by atoms with Gasteiger partial charge in [-0.1, -0.05) is 0 Å². The van der Waals surface area contributed by atoms with Crippen LogP contribution in [0.15, 0.2) is 18.3 Å². The quantitative estimate of drug-likeness (QED) is 0.751. The van der Waals surface area contributed by atoms with E-state index in [1.165, 1.54) is 10.6 Å². The molecule has 2 N–H and O–H groups in total. The largest absolute Gasteiger partial charge is 0.477 e. The van der Waals surface area contributed by atoms with Crippen LogP contribution in [0.5, 0.6) is 0 Å². The number of hydrogen-bond donors (Lipinski definition) is 2. The van der Waals surface area contributed by atoms with Crippen molar-refractivity contribution >= 4 is 11.6 Å². The molecule has 0 aliphatic carbocycles. The Morgan fingerprint density at radius 2 is 2.12 bits per heavy atom. The molecule has 0 saturated heterocycles. The number of hydrogen-bond acceptors (Lipinski definition) is 3. The molecule has 82 valence electrons. The van der Waals surface area contributed by atoms with Crippen LogP contribution in [-0.4, -0.2) is 20.5 Å². The minimum Gasteiger partial charge on any atom is -0.477 e. The summed E-state index contributed by atoms with van der Waals surface area (Å²) >= 11 is 0. The lowest BCUT2D eigenvalue weighted by atomic mass is 10.2. The van der Waals surface area contributed by atoms with Crippen molar-refractivity contribution in [2.24, 2.45) is 0 Å². The molecule has 0 bridgehead atoms. The van der Waals surface area contributed by atoms with E-state index in [-0.39, 0.29) is 11.1 Å². The molecule has 0 atom stereocenters. The van der Waals surface area contributed by atoms with Crippen molar-refractivity contribution in [1.29, 1.82) is 5.41 Å². The molecule has 0 aliphatic heterocycles. The maximum atomic E-state index is 10.9. The molecule has 0 saturated carbocycles. The van der Waals surface area contributed by atoms with Gasteiger partial charge in [0, 0.05) is 11.9 Å². The first-order valence-corrected chi connectivity index (χ1v) is 4.77. The lowest BCUT2D eigenvalue weighted by molar-refractivity contribution is 0.0693. The van der Waals surface area contributed by atoms with Gasteiger partial charge < -0.3 is 5.11 Å². The average Bonchev–Trinajstić information content (AvgIpc) is 2.15. The van der Waals surface area contributed by atoms with Crippen LogP contribution in [0.1, 0.15) is 21.6 Å². The molecule has 0 spiro atoms. The molecular weight excluding hydrogens is 206 g/mol. The van der Waals surface area contributed by atoms with Crippen LogP contribution in [0, 0.1) is 19.3 Å². The van der Waals surface area contributed by atoms with Gasteiger partial charge in [-0.05, 0) is 31.5 Å². The Bertz CT molecular complexity index is 643. The van der Waals surface area contributed by atoms with Crippen LogP contribution in [0.25, 0.3) is 5.65 Å². The van der Waals surface area contributed by atoms with E-state index in [2.05, 4.69) is 4.98 Å². The summed E-state index contributed by atoms with van der Waals surface area (Å²) in [5.41, 5.74) is 2.29. The van der Waals surface area contributed by atoms with E-state index in [0.717, 1.165) is 11.3 Å². The number of fused-ring (bicyclic) bond motifs is 1. The molecule has 16 heavy (non-hydrogen) atoms. The van der Waals surface area contributed by atoms with E-state index in [1.54, 1.807) is 0 Å². The highest BCUT2D eigenvalue weighted by Gasteiger charge is 2.10. The van der Waals surface area contributed by atoms with Crippen LogP contribution in [0.4, 0.5) is 0 Å². The second kappa shape index (κ2) is 3.44. The summed E-state index contributed by atoms with van der Waals surface area (Å²) in [6.45, 7) is 3.76. The van der Waals surface area contributed by atoms with Gasteiger partial charge in [-0.15, -0.1) is 0 Å². The van der Waals surface area contributed by atoms with E-state index in [0.29, 0.717) is 5.65 Å². The van der Waals surface area contributed by atoms with Crippen molar-refractivity contribution < 1.29 is 9.90 Å². The number of aromatic nitrogens is 2. The van der Waals surface area contributed by atoms with Crippen molar-refractivity contribution in [2.75, 3.05) is 0 Å². The maximum absolute atomic E-state index is 10.9. The first kappa shape index (κ1) is 10.4. The number of nitrogens with one attached hydrogen (secondary N) is 1. The highest BCUT2D eigenvalue weighted by atomic mass is 16.4. The molecule has 0 aromatic carbocycles. The number of carboxylic acid groups (broad SMARTS) is 1. The molecule has 2 aromatic heterocycles. The van der Waals surface area contributed by atoms with Gasteiger partial charge in [0.25, 0.3) is 0 Å². The van der Waals surface area contributed by atoms with Gasteiger partial charge in [0.05, 0.1) is 0 Å². The summed E-state index contributed by atoms with van der Waals surface area (Å²) in [7, 11) is 0. The minimum absolute atomic E-state index is 0.0463.